The van der Waals surface area contributed by atoms with E-state index in [0.717, 1.165) is 25.2 Å². The number of carboxylic acids is 1. The van der Waals surface area contributed by atoms with Gasteiger partial charge in [-0.25, -0.2) is 0 Å². The number of rotatable bonds is 3. The fourth-order valence-corrected chi connectivity index (χ4v) is 2.54. The van der Waals surface area contributed by atoms with Gasteiger partial charge in [0.2, 0.25) is 0 Å². The zero-order chi connectivity index (χ0) is 9.84. The summed E-state index contributed by atoms with van der Waals surface area (Å²) in [4.78, 5) is 10.8. The third kappa shape index (κ3) is 2.71. The second-order valence-corrected chi connectivity index (χ2v) is 4.39. The zero-order valence-corrected chi connectivity index (χ0v) is 8.62. The smallest absolute Gasteiger partial charge is 0.306 e. The molecule has 0 unspecified atom stereocenters. The minimum absolute atomic E-state index is 0.0758. The van der Waals surface area contributed by atoms with Crippen LogP contribution in [0, 0.1) is 17.8 Å². The molecule has 0 amide bonds. The van der Waals surface area contributed by atoms with Crippen molar-refractivity contribution in [3.8, 4) is 0 Å². The Morgan fingerprint density at radius 2 is 2.15 bits per heavy atom. The van der Waals surface area contributed by atoms with E-state index in [0.29, 0.717) is 5.92 Å². The predicted molar refractivity (Wildman–Crippen MR) is 52.5 cm³/mol. The highest BCUT2D eigenvalue weighted by molar-refractivity contribution is 5.70. The van der Waals surface area contributed by atoms with Gasteiger partial charge in [0, 0.05) is 0 Å². The van der Waals surface area contributed by atoms with Gasteiger partial charge in [-0.1, -0.05) is 26.7 Å². The SMILES string of the molecule is CCC[C@@H]1CC[C@@H](C(=O)O)[C@@H](C)C1. The monoisotopic (exact) mass is 184 g/mol. The molecule has 0 bridgehead atoms. The van der Waals surface area contributed by atoms with Crippen molar-refractivity contribution < 1.29 is 9.90 Å². The lowest BCUT2D eigenvalue weighted by Gasteiger charge is -2.31. The van der Waals surface area contributed by atoms with Crippen molar-refractivity contribution in [3.63, 3.8) is 0 Å². The number of carbonyl (C=O) groups is 1. The van der Waals surface area contributed by atoms with Crippen molar-refractivity contribution >= 4 is 5.97 Å². The van der Waals surface area contributed by atoms with Crippen LogP contribution in [0.4, 0.5) is 0 Å². The van der Waals surface area contributed by atoms with Crippen LogP contribution in [0.2, 0.25) is 0 Å². The van der Waals surface area contributed by atoms with Crippen LogP contribution in [0.1, 0.15) is 46.0 Å². The van der Waals surface area contributed by atoms with Gasteiger partial charge in [-0.05, 0) is 31.1 Å². The molecule has 0 aliphatic heterocycles. The summed E-state index contributed by atoms with van der Waals surface area (Å²) in [5.41, 5.74) is 0. The van der Waals surface area contributed by atoms with E-state index in [9.17, 15) is 4.79 Å². The van der Waals surface area contributed by atoms with Crippen LogP contribution in [0.25, 0.3) is 0 Å². The van der Waals surface area contributed by atoms with Gasteiger partial charge in [-0.3, -0.25) is 4.79 Å². The van der Waals surface area contributed by atoms with Gasteiger partial charge in [0.25, 0.3) is 0 Å². The van der Waals surface area contributed by atoms with Gasteiger partial charge < -0.3 is 5.11 Å². The normalized spacial score (nSPS) is 34.5. The molecule has 2 nitrogen and oxygen atoms in total. The maximum absolute atomic E-state index is 10.8. The van der Waals surface area contributed by atoms with E-state index in [4.69, 9.17) is 5.11 Å². The summed E-state index contributed by atoms with van der Waals surface area (Å²) >= 11 is 0. The van der Waals surface area contributed by atoms with Gasteiger partial charge in [0.05, 0.1) is 5.92 Å². The molecule has 1 saturated carbocycles. The van der Waals surface area contributed by atoms with Crippen LogP contribution >= 0.6 is 0 Å². The summed E-state index contributed by atoms with van der Waals surface area (Å²) in [6.45, 7) is 4.29. The molecule has 13 heavy (non-hydrogen) atoms. The molecule has 1 N–H and O–H groups in total. The van der Waals surface area contributed by atoms with Gasteiger partial charge in [-0.2, -0.15) is 0 Å². The van der Waals surface area contributed by atoms with Gasteiger partial charge in [0.1, 0.15) is 0 Å². The Morgan fingerprint density at radius 1 is 1.46 bits per heavy atom. The Morgan fingerprint density at radius 3 is 2.62 bits per heavy atom. The second-order valence-electron chi connectivity index (χ2n) is 4.39. The van der Waals surface area contributed by atoms with Crippen LogP contribution in [-0.4, -0.2) is 11.1 Å². The molecule has 0 heterocycles. The standard InChI is InChI=1S/C11H20O2/c1-3-4-9-5-6-10(11(12)13)8(2)7-9/h8-10H,3-7H2,1-2H3,(H,12,13)/t8-,9+,10+/m0/s1. The molecule has 0 spiro atoms. The number of hydrogen-bond acceptors (Lipinski definition) is 1. The van der Waals surface area contributed by atoms with Crippen LogP contribution in [0.15, 0.2) is 0 Å². The summed E-state index contributed by atoms with van der Waals surface area (Å²) in [6.07, 6.45) is 5.63. The lowest BCUT2D eigenvalue weighted by molar-refractivity contribution is -0.145. The average molecular weight is 184 g/mol. The van der Waals surface area contributed by atoms with Gasteiger partial charge in [0.15, 0.2) is 0 Å². The molecule has 2 heteroatoms. The van der Waals surface area contributed by atoms with Crippen molar-refractivity contribution in [2.45, 2.75) is 46.0 Å². The fraction of sp³-hybridized carbons (Fsp3) is 0.909. The Hall–Kier alpha value is -0.530. The summed E-state index contributed by atoms with van der Waals surface area (Å²) in [6, 6.07) is 0. The van der Waals surface area contributed by atoms with Crippen molar-refractivity contribution in [1.29, 1.82) is 0 Å². The van der Waals surface area contributed by atoms with E-state index in [-0.39, 0.29) is 5.92 Å². The van der Waals surface area contributed by atoms with Crippen LogP contribution in [-0.2, 0) is 4.79 Å². The number of hydrogen-bond donors (Lipinski definition) is 1. The molecule has 0 aromatic carbocycles. The first-order valence-corrected chi connectivity index (χ1v) is 5.38. The molecule has 0 saturated heterocycles. The summed E-state index contributed by atoms with van der Waals surface area (Å²) in [5.74, 6) is 0.494. The zero-order valence-electron chi connectivity index (χ0n) is 8.62. The largest absolute Gasteiger partial charge is 0.481 e. The minimum Gasteiger partial charge on any atom is -0.481 e. The topological polar surface area (TPSA) is 37.3 Å². The molecular weight excluding hydrogens is 164 g/mol. The Labute approximate surface area is 80.3 Å². The predicted octanol–water partition coefficient (Wildman–Crippen LogP) is 2.92. The first-order valence-electron chi connectivity index (χ1n) is 5.38. The number of aliphatic carboxylic acids is 1. The van der Waals surface area contributed by atoms with Crippen LogP contribution in [0.5, 0.6) is 0 Å². The molecule has 1 rings (SSSR count). The summed E-state index contributed by atoms with van der Waals surface area (Å²) in [5, 5.41) is 8.92. The molecule has 0 aromatic rings. The molecule has 1 aliphatic carbocycles. The molecular formula is C11H20O2. The van der Waals surface area contributed by atoms with E-state index in [1.54, 1.807) is 0 Å². The first-order chi connectivity index (χ1) is 6.15. The van der Waals surface area contributed by atoms with Crippen molar-refractivity contribution in [2.75, 3.05) is 0 Å². The van der Waals surface area contributed by atoms with E-state index < -0.39 is 5.97 Å². The highest BCUT2D eigenvalue weighted by Gasteiger charge is 2.31. The molecule has 76 valence electrons. The molecule has 0 aromatic heterocycles. The summed E-state index contributed by atoms with van der Waals surface area (Å²) in [7, 11) is 0. The number of carboxylic acid groups (broad SMARTS) is 1. The minimum atomic E-state index is -0.595. The fourth-order valence-electron chi connectivity index (χ4n) is 2.54. The van der Waals surface area contributed by atoms with Crippen LogP contribution < -0.4 is 0 Å². The molecule has 3 atom stereocenters. The average Bonchev–Trinajstić information content (AvgIpc) is 2.04. The quantitative estimate of drug-likeness (QED) is 0.732. The Balaban J connectivity index is 2.42. The molecule has 0 radical (unpaired) electrons. The van der Waals surface area contributed by atoms with Crippen LogP contribution in [0.3, 0.4) is 0 Å². The first kappa shape index (κ1) is 10.6. The van der Waals surface area contributed by atoms with Crippen molar-refractivity contribution in [2.24, 2.45) is 17.8 Å². The van der Waals surface area contributed by atoms with Gasteiger partial charge >= 0.3 is 5.97 Å². The van der Waals surface area contributed by atoms with Crippen molar-refractivity contribution in [3.05, 3.63) is 0 Å². The van der Waals surface area contributed by atoms with E-state index in [1.807, 2.05) is 0 Å². The summed E-state index contributed by atoms with van der Waals surface area (Å²) < 4.78 is 0. The lowest BCUT2D eigenvalue weighted by Crippen LogP contribution is -2.28. The van der Waals surface area contributed by atoms with E-state index in [1.165, 1.54) is 12.8 Å². The van der Waals surface area contributed by atoms with Crippen molar-refractivity contribution in [1.82, 2.24) is 0 Å². The second kappa shape index (κ2) is 4.64. The molecule has 1 fully saturated rings. The Bertz CT molecular complexity index is 177. The Kier molecular flexibility index (Phi) is 3.76. The van der Waals surface area contributed by atoms with E-state index >= 15 is 0 Å². The van der Waals surface area contributed by atoms with E-state index in [2.05, 4.69) is 13.8 Å². The van der Waals surface area contributed by atoms with Gasteiger partial charge in [-0.15, -0.1) is 0 Å². The maximum Gasteiger partial charge on any atom is 0.306 e. The molecule has 1 aliphatic rings. The third-order valence-electron chi connectivity index (χ3n) is 3.29. The lowest BCUT2D eigenvalue weighted by atomic mass is 9.74. The highest BCUT2D eigenvalue weighted by atomic mass is 16.4. The maximum atomic E-state index is 10.8. The third-order valence-corrected chi connectivity index (χ3v) is 3.29. The highest BCUT2D eigenvalue weighted by Crippen LogP contribution is 2.35.